The fourth-order valence-electron chi connectivity index (χ4n) is 1.71. The molecule has 1 aromatic carbocycles. The Kier molecular flexibility index (Phi) is 4.20. The zero-order valence-electron chi connectivity index (χ0n) is 10.8. The van der Waals surface area contributed by atoms with E-state index in [1.54, 1.807) is 11.3 Å². The Bertz CT molecular complexity index is 522. The normalized spacial score (nSPS) is 10.6. The smallest absolute Gasteiger partial charge is 0.142 e. The van der Waals surface area contributed by atoms with Gasteiger partial charge in [-0.2, -0.15) is 0 Å². The quantitative estimate of drug-likeness (QED) is 0.840. The van der Waals surface area contributed by atoms with Crippen LogP contribution in [-0.4, -0.2) is 11.6 Å². The Morgan fingerprint density at radius 2 is 2.22 bits per heavy atom. The second-order valence-corrected chi connectivity index (χ2v) is 5.58. The van der Waals surface area contributed by atoms with E-state index < -0.39 is 0 Å². The van der Waals surface area contributed by atoms with E-state index in [1.165, 1.54) is 10.4 Å². The van der Waals surface area contributed by atoms with Gasteiger partial charge in [-0.25, -0.2) is 4.98 Å². The van der Waals surface area contributed by atoms with Gasteiger partial charge in [0.25, 0.3) is 0 Å². The van der Waals surface area contributed by atoms with Crippen molar-refractivity contribution in [2.75, 3.05) is 12.3 Å². The van der Waals surface area contributed by atoms with Crippen molar-refractivity contribution in [3.05, 3.63) is 39.8 Å². The van der Waals surface area contributed by atoms with E-state index in [-0.39, 0.29) is 0 Å². The molecule has 2 N–H and O–H groups in total. The van der Waals surface area contributed by atoms with Crippen LogP contribution in [0.1, 0.15) is 28.8 Å². The van der Waals surface area contributed by atoms with Gasteiger partial charge >= 0.3 is 0 Å². The van der Waals surface area contributed by atoms with Crippen molar-refractivity contribution < 1.29 is 4.74 Å². The molecule has 0 saturated heterocycles. The Balaban J connectivity index is 2.08. The number of rotatable bonds is 5. The van der Waals surface area contributed by atoms with Crippen molar-refractivity contribution in [2.24, 2.45) is 0 Å². The summed E-state index contributed by atoms with van der Waals surface area (Å²) in [6, 6.07) is 5.97. The number of thiazole rings is 1. The van der Waals surface area contributed by atoms with E-state index in [2.05, 4.69) is 24.9 Å². The van der Waals surface area contributed by atoms with Crippen LogP contribution in [0.3, 0.4) is 0 Å². The summed E-state index contributed by atoms with van der Waals surface area (Å²) >= 11 is 1.72. The number of hydrogen-bond donors (Lipinski definition) is 1. The average molecular weight is 262 g/mol. The number of nitrogens with two attached hydrogens (primary N) is 1. The molecule has 0 aliphatic heterocycles. The zero-order chi connectivity index (χ0) is 13.0. The van der Waals surface area contributed by atoms with Crippen LogP contribution in [0.4, 0.5) is 5.69 Å². The Morgan fingerprint density at radius 1 is 1.39 bits per heavy atom. The molecule has 0 aliphatic rings. The van der Waals surface area contributed by atoms with Crippen molar-refractivity contribution in [1.82, 2.24) is 4.98 Å². The zero-order valence-corrected chi connectivity index (χ0v) is 11.6. The largest absolute Gasteiger partial charge is 0.491 e. The van der Waals surface area contributed by atoms with Crippen LogP contribution in [0.5, 0.6) is 5.75 Å². The predicted molar refractivity (Wildman–Crippen MR) is 76.3 cm³/mol. The lowest BCUT2D eigenvalue weighted by molar-refractivity contribution is 0.319. The minimum atomic E-state index is 0.703. The van der Waals surface area contributed by atoms with Crippen LogP contribution in [-0.2, 0) is 6.42 Å². The summed E-state index contributed by atoms with van der Waals surface area (Å²) in [5.41, 5.74) is 7.85. The highest BCUT2D eigenvalue weighted by Gasteiger charge is 2.05. The van der Waals surface area contributed by atoms with Crippen LogP contribution in [0, 0.1) is 6.92 Å². The number of ether oxygens (including phenoxy) is 1. The molecule has 0 unspecified atom stereocenters. The third kappa shape index (κ3) is 3.23. The minimum absolute atomic E-state index is 0.703. The first kappa shape index (κ1) is 12.9. The molecule has 1 heterocycles. The molecule has 0 saturated carbocycles. The van der Waals surface area contributed by atoms with Gasteiger partial charge in [0.2, 0.25) is 0 Å². The first-order valence-electron chi connectivity index (χ1n) is 6.11. The summed E-state index contributed by atoms with van der Waals surface area (Å²) in [5.74, 6) is 0.774. The number of aromatic nitrogens is 1. The third-order valence-corrected chi connectivity index (χ3v) is 3.47. The van der Waals surface area contributed by atoms with Crippen LogP contribution in [0.15, 0.2) is 24.4 Å². The van der Waals surface area contributed by atoms with Crippen molar-refractivity contribution in [2.45, 2.75) is 26.7 Å². The monoisotopic (exact) mass is 262 g/mol. The van der Waals surface area contributed by atoms with E-state index in [0.29, 0.717) is 12.3 Å². The molecule has 2 aromatic rings. The van der Waals surface area contributed by atoms with E-state index >= 15 is 0 Å². The molecule has 1 aromatic heterocycles. The first-order chi connectivity index (χ1) is 8.69. The van der Waals surface area contributed by atoms with Gasteiger partial charge in [0.15, 0.2) is 0 Å². The van der Waals surface area contributed by atoms with Crippen LogP contribution in [0.25, 0.3) is 0 Å². The van der Waals surface area contributed by atoms with Gasteiger partial charge in [-0.15, -0.1) is 11.3 Å². The number of anilines is 1. The topological polar surface area (TPSA) is 48.1 Å². The number of benzene rings is 1. The highest BCUT2D eigenvalue weighted by molar-refractivity contribution is 7.11. The predicted octanol–water partition coefficient (Wildman–Crippen LogP) is 3.41. The lowest BCUT2D eigenvalue weighted by Gasteiger charge is -2.09. The summed E-state index contributed by atoms with van der Waals surface area (Å²) in [6.45, 7) is 4.85. The summed E-state index contributed by atoms with van der Waals surface area (Å²) in [5, 5.41) is 1.12. The first-order valence-corrected chi connectivity index (χ1v) is 6.93. The molecule has 4 heteroatoms. The summed E-state index contributed by atoms with van der Waals surface area (Å²) in [6.07, 6.45) is 3.72. The van der Waals surface area contributed by atoms with Crippen molar-refractivity contribution in [3.63, 3.8) is 0 Å². The van der Waals surface area contributed by atoms with Crippen LogP contribution < -0.4 is 10.5 Å². The maximum atomic E-state index is 5.98. The Hall–Kier alpha value is -1.55. The lowest BCUT2D eigenvalue weighted by atomic mass is 10.1. The summed E-state index contributed by atoms with van der Waals surface area (Å²) < 4.78 is 5.56. The van der Waals surface area contributed by atoms with Crippen LogP contribution in [0.2, 0.25) is 0 Å². The minimum Gasteiger partial charge on any atom is -0.491 e. The van der Waals surface area contributed by atoms with Crippen LogP contribution >= 0.6 is 11.3 Å². The molecule has 18 heavy (non-hydrogen) atoms. The maximum Gasteiger partial charge on any atom is 0.142 e. The molecule has 0 atom stereocenters. The second-order valence-electron chi connectivity index (χ2n) is 4.26. The number of nitrogen functional groups attached to an aromatic ring is 1. The highest BCUT2D eigenvalue weighted by Crippen LogP contribution is 2.25. The van der Waals surface area contributed by atoms with Gasteiger partial charge in [-0.1, -0.05) is 13.0 Å². The Labute approximate surface area is 112 Å². The molecule has 3 nitrogen and oxygen atoms in total. The van der Waals surface area contributed by atoms with Gasteiger partial charge in [0.05, 0.1) is 17.3 Å². The fourth-order valence-corrected chi connectivity index (χ4v) is 2.53. The van der Waals surface area contributed by atoms with Gasteiger partial charge in [-0.3, -0.25) is 0 Å². The highest BCUT2D eigenvalue weighted by atomic mass is 32.1. The Morgan fingerprint density at radius 3 is 2.83 bits per heavy atom. The molecular weight excluding hydrogens is 244 g/mol. The van der Waals surface area contributed by atoms with Crippen molar-refractivity contribution in [1.29, 1.82) is 0 Å². The van der Waals surface area contributed by atoms with E-state index in [0.717, 1.165) is 23.6 Å². The number of hydrogen-bond acceptors (Lipinski definition) is 4. The maximum absolute atomic E-state index is 5.98. The van der Waals surface area contributed by atoms with Gasteiger partial charge in [0, 0.05) is 17.5 Å². The number of aryl methyl sites for hydroxylation is 1. The molecule has 0 radical (unpaired) electrons. The third-order valence-electron chi connectivity index (χ3n) is 2.56. The summed E-state index contributed by atoms with van der Waals surface area (Å²) in [4.78, 5) is 5.60. The average Bonchev–Trinajstić information content (AvgIpc) is 2.74. The molecule has 0 spiro atoms. The molecule has 96 valence electrons. The van der Waals surface area contributed by atoms with E-state index in [9.17, 15) is 0 Å². The van der Waals surface area contributed by atoms with Gasteiger partial charge < -0.3 is 10.5 Å². The molecule has 0 bridgehead atoms. The molecule has 0 amide bonds. The van der Waals surface area contributed by atoms with E-state index in [1.807, 2.05) is 18.3 Å². The second kappa shape index (κ2) is 5.87. The SMILES string of the molecule is CCCOc1ccc(Cc2ncc(C)s2)cc1N. The molecule has 2 rings (SSSR count). The molecule has 0 aliphatic carbocycles. The van der Waals surface area contributed by atoms with E-state index in [4.69, 9.17) is 10.5 Å². The van der Waals surface area contributed by atoms with Crippen molar-refractivity contribution in [3.8, 4) is 5.75 Å². The van der Waals surface area contributed by atoms with Gasteiger partial charge in [-0.05, 0) is 31.0 Å². The molecular formula is C14H18N2OS. The summed E-state index contributed by atoms with van der Waals surface area (Å²) in [7, 11) is 0. The molecule has 0 fully saturated rings. The lowest BCUT2D eigenvalue weighted by Crippen LogP contribution is -2.00. The number of nitrogens with zero attached hydrogens (tertiary/aromatic N) is 1. The van der Waals surface area contributed by atoms with Gasteiger partial charge in [0.1, 0.15) is 5.75 Å². The fraction of sp³-hybridized carbons (Fsp3) is 0.357. The standard InChI is InChI=1S/C14H18N2OS/c1-3-6-17-13-5-4-11(7-12(13)15)8-14-16-9-10(2)18-14/h4-5,7,9H,3,6,8,15H2,1-2H3. The van der Waals surface area contributed by atoms with Crippen molar-refractivity contribution >= 4 is 17.0 Å².